The Balaban J connectivity index is 0.877. The van der Waals surface area contributed by atoms with Crippen molar-refractivity contribution in [3.8, 4) is 33.8 Å². The average Bonchev–Trinajstić information content (AvgIpc) is 1.52. The van der Waals surface area contributed by atoms with Crippen molar-refractivity contribution < 1.29 is 9.47 Å². The second-order valence-corrected chi connectivity index (χ2v) is 24.7. The van der Waals surface area contributed by atoms with E-state index in [1.165, 1.54) is 108 Å². The van der Waals surface area contributed by atoms with Gasteiger partial charge in [0, 0.05) is 88.3 Å². The molecule has 2 heterocycles. The number of aromatic nitrogens is 2. The van der Waals surface area contributed by atoms with Crippen LogP contribution in [0.3, 0.4) is 0 Å². The molecular weight excluding hydrogens is 1100 g/mol. The Labute approximate surface area is 515 Å². The summed E-state index contributed by atoms with van der Waals surface area (Å²) in [6.45, 7) is 6.17. The molecule has 1 spiro atoms. The van der Waals surface area contributed by atoms with E-state index < -0.39 is 5.41 Å². The minimum atomic E-state index is -0.664. The number of rotatable bonds is 14. The molecule has 0 saturated heterocycles. The van der Waals surface area contributed by atoms with Crippen LogP contribution in [0.25, 0.3) is 65.9 Å². The van der Waals surface area contributed by atoms with Crippen LogP contribution in [0.15, 0.2) is 287 Å². The lowest BCUT2D eigenvalue weighted by molar-refractivity contribution is 0.414. The summed E-state index contributed by atoms with van der Waals surface area (Å²) in [5.41, 5.74) is 20.6. The predicted octanol–water partition coefficient (Wildman–Crippen LogP) is 21.5. The van der Waals surface area contributed by atoms with Gasteiger partial charge in [-0.15, -0.1) is 0 Å². The van der Waals surface area contributed by atoms with E-state index in [4.69, 9.17) is 9.47 Å². The highest BCUT2D eigenvalue weighted by atomic mass is 32.2. The maximum Gasteiger partial charge on any atom is 0.119 e. The van der Waals surface area contributed by atoms with Gasteiger partial charge >= 0.3 is 0 Å². The molecule has 0 atom stereocenters. The van der Waals surface area contributed by atoms with Gasteiger partial charge < -0.3 is 28.4 Å². The van der Waals surface area contributed by atoms with Crippen LogP contribution in [0, 0.1) is 0 Å². The van der Waals surface area contributed by atoms with Crippen LogP contribution in [0.5, 0.6) is 11.5 Å². The van der Waals surface area contributed by atoms with E-state index in [2.05, 4.69) is 300 Å². The molecule has 8 heteroatoms. The van der Waals surface area contributed by atoms with E-state index in [0.717, 1.165) is 58.7 Å². The predicted molar refractivity (Wildman–Crippen MR) is 364 cm³/mol. The zero-order valence-corrected chi connectivity index (χ0v) is 50.4. The molecule has 14 aromatic rings. The van der Waals surface area contributed by atoms with Gasteiger partial charge in [0.1, 0.15) is 11.5 Å². The molecule has 16 rings (SSSR count). The monoisotopic (exact) mass is 1160 g/mol. The summed E-state index contributed by atoms with van der Waals surface area (Å²) in [6, 6.07) is 98.8. The van der Waals surface area contributed by atoms with Gasteiger partial charge in [0.25, 0.3) is 0 Å². The van der Waals surface area contributed by atoms with Crippen molar-refractivity contribution in [3.05, 3.63) is 289 Å². The first kappa shape index (κ1) is 52.7. The number of hydrogen-bond acceptors (Lipinski definition) is 6. The molecule has 0 saturated carbocycles. The molecule has 0 unspecified atom stereocenters. The van der Waals surface area contributed by atoms with Gasteiger partial charge in [-0.2, -0.15) is 0 Å². The second kappa shape index (κ2) is 21.3. The summed E-state index contributed by atoms with van der Waals surface area (Å²) in [5, 5.41) is 4.99. The van der Waals surface area contributed by atoms with E-state index in [-0.39, 0.29) is 0 Å². The standard InChI is InChI=1S/C79H60N4O2S2/c1-5-80-75-47-55(31-41-67(75)69-43-37-61(49-77(69)80)86-59-17-9-7-10-18-59)82(51-25-33-57(84-3)34-26-51)53-29-39-65-66-40-30-54(46-74(66)79(73(65)45-53)71-23-15-13-21-63(71)64-22-14-16-24-72(64)79)83(52-27-35-58(85-4)36-28-52)56-32-42-68-70-44-38-62(87-60-19-11-8-12-20-60)50-78(70)81(6-2)76(68)48-56/h7-50H,5-6H2,1-4H3. The van der Waals surface area contributed by atoms with Crippen molar-refractivity contribution in [2.45, 2.75) is 51.9 Å². The molecule has 2 aliphatic carbocycles. The van der Waals surface area contributed by atoms with Crippen LogP contribution in [-0.2, 0) is 18.5 Å². The molecule has 420 valence electrons. The lowest BCUT2D eigenvalue weighted by Crippen LogP contribution is -2.26. The lowest BCUT2D eigenvalue weighted by Gasteiger charge is -2.33. The Bertz CT molecular complexity index is 4680. The van der Waals surface area contributed by atoms with Crippen molar-refractivity contribution in [1.29, 1.82) is 0 Å². The summed E-state index contributed by atoms with van der Waals surface area (Å²) in [5.74, 6) is 1.62. The maximum atomic E-state index is 5.78. The maximum absolute atomic E-state index is 5.78. The Morgan fingerprint density at radius 3 is 1.05 bits per heavy atom. The molecule has 0 radical (unpaired) electrons. The number of anilines is 6. The highest BCUT2D eigenvalue weighted by molar-refractivity contribution is 7.99. The van der Waals surface area contributed by atoms with Crippen molar-refractivity contribution in [3.63, 3.8) is 0 Å². The Hall–Kier alpha value is -9.86. The van der Waals surface area contributed by atoms with Crippen LogP contribution in [0.4, 0.5) is 34.1 Å². The number of nitrogens with zero attached hydrogens (tertiary/aromatic N) is 4. The molecule has 6 nitrogen and oxygen atoms in total. The second-order valence-electron chi connectivity index (χ2n) is 22.4. The van der Waals surface area contributed by atoms with Crippen molar-refractivity contribution >= 4 is 101 Å². The van der Waals surface area contributed by atoms with E-state index in [1.54, 1.807) is 37.7 Å². The topological polar surface area (TPSA) is 34.8 Å². The molecule has 0 aliphatic heterocycles. The quantitative estimate of drug-likeness (QED) is 0.108. The summed E-state index contributed by atoms with van der Waals surface area (Å²) in [6.07, 6.45) is 0. The molecule has 87 heavy (non-hydrogen) atoms. The van der Waals surface area contributed by atoms with E-state index in [9.17, 15) is 0 Å². The SMILES string of the molecule is CCn1c2cc(Sc3ccccc3)ccc2c2ccc(N(c3ccc(OC)cc3)c3ccc4c(c3)C3(c5ccccc5-c5ccccc53)c3cc(N(c5ccc(OC)cc5)c5ccc6c7ccc(Sc8ccccc8)cc7n(CC)c6c5)ccc3-4)cc21. The fourth-order valence-corrected chi connectivity index (χ4v) is 16.0. The molecule has 2 aromatic heterocycles. The molecule has 0 N–H and O–H groups in total. The highest BCUT2D eigenvalue weighted by Gasteiger charge is 2.52. The normalized spacial score (nSPS) is 12.6. The number of hydrogen-bond donors (Lipinski definition) is 0. The lowest BCUT2D eigenvalue weighted by atomic mass is 9.70. The molecule has 0 amide bonds. The first-order valence-corrected chi connectivity index (χ1v) is 31.5. The Kier molecular flexibility index (Phi) is 12.9. The number of aryl methyl sites for hydroxylation is 2. The van der Waals surface area contributed by atoms with E-state index in [1.807, 2.05) is 0 Å². The van der Waals surface area contributed by atoms with Gasteiger partial charge in [-0.3, -0.25) is 0 Å². The number of ether oxygens (including phenoxy) is 2. The largest absolute Gasteiger partial charge is 0.497 e. The van der Waals surface area contributed by atoms with Crippen LogP contribution in [0.2, 0.25) is 0 Å². The summed E-state index contributed by atoms with van der Waals surface area (Å²) in [7, 11) is 3.47. The van der Waals surface area contributed by atoms with Crippen molar-refractivity contribution in [2.75, 3.05) is 24.0 Å². The minimum Gasteiger partial charge on any atom is -0.497 e. The Morgan fingerprint density at radius 2 is 0.644 bits per heavy atom. The number of fused-ring (bicyclic) bond motifs is 16. The fourth-order valence-electron chi connectivity index (χ4n) is 14.2. The van der Waals surface area contributed by atoms with Gasteiger partial charge in [0.15, 0.2) is 0 Å². The van der Waals surface area contributed by atoms with Crippen molar-refractivity contribution in [1.82, 2.24) is 9.13 Å². The van der Waals surface area contributed by atoms with Gasteiger partial charge in [0.05, 0.1) is 41.7 Å². The molecule has 0 bridgehead atoms. The Morgan fingerprint density at radius 1 is 0.310 bits per heavy atom. The number of benzene rings is 12. The molecule has 0 fully saturated rings. The van der Waals surface area contributed by atoms with Gasteiger partial charge in [-0.25, -0.2) is 0 Å². The van der Waals surface area contributed by atoms with Crippen LogP contribution >= 0.6 is 23.5 Å². The van der Waals surface area contributed by atoms with E-state index in [0.29, 0.717) is 0 Å². The third-order valence-corrected chi connectivity index (χ3v) is 20.0. The summed E-state index contributed by atoms with van der Waals surface area (Å²) < 4.78 is 16.5. The molecule has 12 aromatic carbocycles. The van der Waals surface area contributed by atoms with Crippen molar-refractivity contribution in [2.24, 2.45) is 0 Å². The molecule has 2 aliphatic rings. The third-order valence-electron chi connectivity index (χ3n) is 18.0. The smallest absolute Gasteiger partial charge is 0.119 e. The fraction of sp³-hybridized carbons (Fsp3) is 0.0886. The van der Waals surface area contributed by atoms with E-state index >= 15 is 0 Å². The number of methoxy groups -OCH3 is 2. The highest BCUT2D eigenvalue weighted by Crippen LogP contribution is 2.64. The minimum absolute atomic E-state index is 0.664. The van der Waals surface area contributed by atoms with Crippen LogP contribution < -0.4 is 19.3 Å². The van der Waals surface area contributed by atoms with Gasteiger partial charge in [-0.1, -0.05) is 145 Å². The van der Waals surface area contributed by atoms with Crippen LogP contribution in [-0.4, -0.2) is 23.4 Å². The van der Waals surface area contributed by atoms with Crippen LogP contribution in [0.1, 0.15) is 36.1 Å². The molecular formula is C79H60N4O2S2. The summed E-state index contributed by atoms with van der Waals surface area (Å²) in [4.78, 5) is 9.77. The van der Waals surface area contributed by atoms with Gasteiger partial charge in [0.2, 0.25) is 0 Å². The first-order chi connectivity index (χ1) is 42.9. The third kappa shape index (κ3) is 8.48. The zero-order valence-electron chi connectivity index (χ0n) is 48.7. The first-order valence-electron chi connectivity index (χ1n) is 29.9. The average molecular weight is 1160 g/mol. The zero-order chi connectivity index (χ0) is 58.3. The van der Waals surface area contributed by atoms with Gasteiger partial charge in [-0.05, 0) is 204 Å². The summed E-state index contributed by atoms with van der Waals surface area (Å²) >= 11 is 3.61.